The maximum atomic E-state index is 6.26. The van der Waals surface area contributed by atoms with E-state index in [0.29, 0.717) is 5.54 Å². The van der Waals surface area contributed by atoms with E-state index in [9.17, 15) is 0 Å². The van der Waals surface area contributed by atoms with Crippen LogP contribution in [0.4, 0.5) is 0 Å². The van der Waals surface area contributed by atoms with Crippen molar-refractivity contribution in [2.75, 3.05) is 19.6 Å². The molecule has 0 amide bonds. The van der Waals surface area contributed by atoms with E-state index in [1.54, 1.807) is 0 Å². The molecule has 0 heterocycles. The summed E-state index contributed by atoms with van der Waals surface area (Å²) >= 11 is 0. The zero-order valence-corrected chi connectivity index (χ0v) is 15.0. The van der Waals surface area contributed by atoms with Crippen molar-refractivity contribution in [1.82, 2.24) is 4.90 Å². The van der Waals surface area contributed by atoms with Crippen molar-refractivity contribution in [3.63, 3.8) is 0 Å². The second-order valence-corrected chi connectivity index (χ2v) is 7.38. The van der Waals surface area contributed by atoms with Crippen molar-refractivity contribution in [3.05, 3.63) is 0 Å². The first-order valence-corrected chi connectivity index (χ1v) is 9.63. The molecule has 1 rings (SSSR count). The van der Waals surface area contributed by atoms with Crippen molar-refractivity contribution in [1.29, 1.82) is 0 Å². The topological polar surface area (TPSA) is 29.3 Å². The van der Waals surface area contributed by atoms with E-state index in [1.165, 1.54) is 83.7 Å². The van der Waals surface area contributed by atoms with Gasteiger partial charge in [-0.1, -0.05) is 65.7 Å². The minimum atomic E-state index is 0.317. The van der Waals surface area contributed by atoms with Crippen molar-refractivity contribution >= 4 is 0 Å². The molecule has 0 aromatic heterocycles. The highest BCUT2D eigenvalue weighted by molar-refractivity contribution is 4.95. The number of nitrogens with two attached hydrogens (primary N) is 1. The lowest BCUT2D eigenvalue weighted by Crippen LogP contribution is -2.56. The molecule has 2 heteroatoms. The summed E-state index contributed by atoms with van der Waals surface area (Å²) in [5.74, 6) is 0.853. The molecule has 0 saturated heterocycles. The molecule has 0 spiro atoms. The average molecular weight is 297 g/mol. The highest BCUT2D eigenvalue weighted by atomic mass is 15.2. The Morgan fingerprint density at radius 3 is 2.33 bits per heavy atom. The molecule has 1 aliphatic carbocycles. The number of hydrogen-bond donors (Lipinski definition) is 1. The molecule has 1 aliphatic rings. The lowest BCUT2D eigenvalue weighted by molar-refractivity contribution is 0.0373. The van der Waals surface area contributed by atoms with Crippen LogP contribution in [0.1, 0.15) is 91.4 Å². The minimum absolute atomic E-state index is 0.317. The lowest BCUT2D eigenvalue weighted by Gasteiger charge is -2.48. The summed E-state index contributed by atoms with van der Waals surface area (Å²) in [6.45, 7) is 10.4. The first-order chi connectivity index (χ1) is 10.2. The van der Waals surface area contributed by atoms with Crippen LogP contribution < -0.4 is 5.73 Å². The van der Waals surface area contributed by atoms with Crippen LogP contribution >= 0.6 is 0 Å². The molecular weight excluding hydrogens is 256 g/mol. The van der Waals surface area contributed by atoms with Crippen molar-refractivity contribution in [2.45, 2.75) is 96.9 Å². The largest absolute Gasteiger partial charge is 0.329 e. The van der Waals surface area contributed by atoms with Gasteiger partial charge >= 0.3 is 0 Å². The molecule has 21 heavy (non-hydrogen) atoms. The minimum Gasteiger partial charge on any atom is -0.329 e. The average Bonchev–Trinajstić information content (AvgIpc) is 2.49. The van der Waals surface area contributed by atoms with Crippen molar-refractivity contribution in [3.8, 4) is 0 Å². The highest BCUT2D eigenvalue weighted by Gasteiger charge is 2.38. The number of nitrogens with zero attached hydrogens (tertiary/aromatic N) is 1. The van der Waals surface area contributed by atoms with E-state index >= 15 is 0 Å². The van der Waals surface area contributed by atoms with Gasteiger partial charge in [-0.3, -0.25) is 4.90 Å². The van der Waals surface area contributed by atoms with Gasteiger partial charge in [0.1, 0.15) is 0 Å². The van der Waals surface area contributed by atoms with Gasteiger partial charge in [-0.25, -0.2) is 0 Å². The Hall–Kier alpha value is -0.0800. The zero-order chi connectivity index (χ0) is 15.6. The summed E-state index contributed by atoms with van der Waals surface area (Å²) in [7, 11) is 0. The molecule has 2 unspecified atom stereocenters. The van der Waals surface area contributed by atoms with Gasteiger partial charge in [0.05, 0.1) is 0 Å². The van der Waals surface area contributed by atoms with Gasteiger partial charge in [0.2, 0.25) is 0 Å². The SMILES string of the molecule is CCCCCCCCN(CCC)C1(CN)CCCC(C)C1. The van der Waals surface area contributed by atoms with Crippen molar-refractivity contribution in [2.24, 2.45) is 11.7 Å². The third kappa shape index (κ3) is 6.28. The molecule has 0 aromatic rings. The second kappa shape index (κ2) is 10.6. The van der Waals surface area contributed by atoms with Gasteiger partial charge in [-0.2, -0.15) is 0 Å². The first-order valence-electron chi connectivity index (χ1n) is 9.63. The summed E-state index contributed by atoms with van der Waals surface area (Å²) in [6.07, 6.45) is 15.0. The molecule has 1 saturated carbocycles. The van der Waals surface area contributed by atoms with Crippen LogP contribution in [0.2, 0.25) is 0 Å². The van der Waals surface area contributed by atoms with Gasteiger partial charge in [-0.15, -0.1) is 0 Å². The maximum Gasteiger partial charge on any atom is 0.0334 e. The molecule has 1 fully saturated rings. The fourth-order valence-corrected chi connectivity index (χ4v) is 4.17. The van der Waals surface area contributed by atoms with E-state index < -0.39 is 0 Å². The molecule has 0 aromatic carbocycles. The number of rotatable bonds is 11. The molecular formula is C19H40N2. The summed E-state index contributed by atoms with van der Waals surface area (Å²) in [5, 5.41) is 0. The van der Waals surface area contributed by atoms with Gasteiger partial charge in [0.25, 0.3) is 0 Å². The molecule has 2 N–H and O–H groups in total. The van der Waals surface area contributed by atoms with Gasteiger partial charge < -0.3 is 5.73 Å². The summed E-state index contributed by atoms with van der Waals surface area (Å²) in [6, 6.07) is 0. The Kier molecular flexibility index (Phi) is 9.59. The standard InChI is InChI=1S/C19H40N2/c1-4-6-7-8-9-10-15-21(14-5-2)19(17-20)13-11-12-18(3)16-19/h18H,4-17,20H2,1-3H3. The maximum absolute atomic E-state index is 6.26. The van der Waals surface area contributed by atoms with E-state index in [0.717, 1.165) is 12.5 Å². The Balaban J connectivity index is 2.45. The van der Waals surface area contributed by atoms with Crippen molar-refractivity contribution < 1.29 is 0 Å². The van der Waals surface area contributed by atoms with E-state index in [4.69, 9.17) is 5.73 Å². The predicted octanol–water partition coefficient (Wildman–Crippen LogP) is 4.97. The molecule has 2 nitrogen and oxygen atoms in total. The van der Waals surface area contributed by atoms with Crippen LogP contribution in [0.3, 0.4) is 0 Å². The number of hydrogen-bond acceptors (Lipinski definition) is 2. The fourth-order valence-electron chi connectivity index (χ4n) is 4.17. The van der Waals surface area contributed by atoms with Gasteiger partial charge in [-0.05, 0) is 44.7 Å². The lowest BCUT2D eigenvalue weighted by atomic mass is 9.75. The van der Waals surface area contributed by atoms with Crippen LogP contribution in [0.25, 0.3) is 0 Å². The monoisotopic (exact) mass is 296 g/mol. The molecule has 0 bridgehead atoms. The number of unbranched alkanes of at least 4 members (excludes halogenated alkanes) is 5. The third-order valence-electron chi connectivity index (χ3n) is 5.39. The molecule has 0 radical (unpaired) electrons. The summed E-state index contributed by atoms with van der Waals surface area (Å²) < 4.78 is 0. The van der Waals surface area contributed by atoms with Crippen LogP contribution in [0, 0.1) is 5.92 Å². The van der Waals surface area contributed by atoms with E-state index in [1.807, 2.05) is 0 Å². The normalized spacial score (nSPS) is 26.4. The zero-order valence-electron chi connectivity index (χ0n) is 15.0. The fraction of sp³-hybridized carbons (Fsp3) is 1.00. The third-order valence-corrected chi connectivity index (χ3v) is 5.39. The summed E-state index contributed by atoms with van der Waals surface area (Å²) in [5.41, 5.74) is 6.58. The van der Waals surface area contributed by atoms with Crippen LogP contribution in [-0.2, 0) is 0 Å². The Morgan fingerprint density at radius 1 is 1.00 bits per heavy atom. The van der Waals surface area contributed by atoms with Gasteiger partial charge in [0.15, 0.2) is 0 Å². The quantitative estimate of drug-likeness (QED) is 0.546. The summed E-state index contributed by atoms with van der Waals surface area (Å²) in [4.78, 5) is 2.77. The van der Waals surface area contributed by atoms with Crippen LogP contribution in [0.15, 0.2) is 0 Å². The van der Waals surface area contributed by atoms with Crippen LogP contribution in [-0.4, -0.2) is 30.1 Å². The second-order valence-electron chi connectivity index (χ2n) is 7.38. The Morgan fingerprint density at radius 2 is 1.71 bits per heavy atom. The molecule has 0 aliphatic heterocycles. The van der Waals surface area contributed by atoms with E-state index in [-0.39, 0.29) is 0 Å². The Bertz CT molecular complexity index is 254. The first kappa shape index (κ1) is 19.0. The molecule has 2 atom stereocenters. The highest BCUT2D eigenvalue weighted by Crippen LogP contribution is 2.36. The smallest absolute Gasteiger partial charge is 0.0334 e. The molecule has 126 valence electrons. The Labute approximate surface area is 133 Å². The van der Waals surface area contributed by atoms with E-state index in [2.05, 4.69) is 25.7 Å². The van der Waals surface area contributed by atoms with Gasteiger partial charge in [0, 0.05) is 12.1 Å². The van der Waals surface area contributed by atoms with Crippen LogP contribution in [0.5, 0.6) is 0 Å². The predicted molar refractivity (Wildman–Crippen MR) is 94.7 cm³/mol.